The monoisotopic (exact) mass is 242 g/mol. The van der Waals surface area contributed by atoms with Crippen molar-refractivity contribution >= 4 is 6.08 Å². The molecule has 3 heteroatoms. The zero-order valence-corrected chi connectivity index (χ0v) is 10.3. The summed E-state index contributed by atoms with van der Waals surface area (Å²) in [6.45, 7) is 0.899. The van der Waals surface area contributed by atoms with Crippen LogP contribution in [0.25, 0.3) is 6.08 Å². The summed E-state index contributed by atoms with van der Waals surface area (Å²) in [6, 6.07) is 10.0. The van der Waals surface area contributed by atoms with Crippen LogP contribution < -0.4 is 0 Å². The first-order chi connectivity index (χ1) is 8.84. The van der Waals surface area contributed by atoms with Crippen molar-refractivity contribution < 1.29 is 5.11 Å². The summed E-state index contributed by atoms with van der Waals surface area (Å²) in [4.78, 5) is 3.98. The minimum atomic E-state index is -0.381. The number of aromatic nitrogens is 2. The zero-order valence-electron chi connectivity index (χ0n) is 10.3. The molecule has 2 rings (SSSR count). The van der Waals surface area contributed by atoms with E-state index < -0.39 is 0 Å². The number of nitrogens with zero attached hydrogens (tertiary/aromatic N) is 2. The van der Waals surface area contributed by atoms with Gasteiger partial charge in [0.25, 0.3) is 0 Å². The van der Waals surface area contributed by atoms with E-state index in [2.05, 4.69) is 4.98 Å². The maximum absolute atomic E-state index is 9.83. The van der Waals surface area contributed by atoms with Gasteiger partial charge in [-0.25, -0.2) is 4.98 Å². The summed E-state index contributed by atoms with van der Waals surface area (Å²) in [5, 5.41) is 9.83. The Morgan fingerprint density at radius 2 is 2.11 bits per heavy atom. The Labute approximate surface area is 107 Å². The Morgan fingerprint density at radius 1 is 1.28 bits per heavy atom. The molecule has 0 amide bonds. The molecule has 1 heterocycles. The van der Waals surface area contributed by atoms with Crippen molar-refractivity contribution in [3.8, 4) is 0 Å². The number of rotatable bonds is 6. The highest BCUT2D eigenvalue weighted by molar-refractivity contribution is 5.49. The quantitative estimate of drug-likeness (QED) is 0.845. The summed E-state index contributed by atoms with van der Waals surface area (Å²) >= 11 is 0. The topological polar surface area (TPSA) is 38.0 Å². The molecule has 0 aliphatic rings. The molecule has 0 spiro atoms. The van der Waals surface area contributed by atoms with E-state index in [9.17, 15) is 5.11 Å². The van der Waals surface area contributed by atoms with Crippen LogP contribution in [0.1, 0.15) is 18.4 Å². The Balaban J connectivity index is 1.72. The molecule has 1 unspecified atom stereocenters. The van der Waals surface area contributed by atoms with Crippen molar-refractivity contribution in [2.75, 3.05) is 0 Å². The molecule has 1 aromatic carbocycles. The Kier molecular flexibility index (Phi) is 4.73. The highest BCUT2D eigenvalue weighted by Gasteiger charge is 1.99. The van der Waals surface area contributed by atoms with Crippen LogP contribution in [0, 0.1) is 0 Å². The molecule has 3 nitrogen and oxygen atoms in total. The molecule has 0 saturated carbocycles. The van der Waals surface area contributed by atoms with Crippen LogP contribution in [0.3, 0.4) is 0 Å². The van der Waals surface area contributed by atoms with Crippen molar-refractivity contribution in [3.05, 3.63) is 60.7 Å². The molecular formula is C15H18N2O. The molecule has 1 atom stereocenters. The number of hydrogen-bond acceptors (Lipinski definition) is 2. The summed E-state index contributed by atoms with van der Waals surface area (Å²) < 4.78 is 2.02. The minimum absolute atomic E-state index is 0.381. The van der Waals surface area contributed by atoms with Crippen LogP contribution in [-0.2, 0) is 6.54 Å². The predicted octanol–water partition coefficient (Wildman–Crippen LogP) is 2.74. The lowest BCUT2D eigenvalue weighted by Gasteiger charge is -2.06. The third-order valence-corrected chi connectivity index (χ3v) is 2.79. The van der Waals surface area contributed by atoms with E-state index in [1.54, 1.807) is 12.5 Å². The number of aliphatic hydroxyl groups is 1. The van der Waals surface area contributed by atoms with Crippen LogP contribution in [0.5, 0.6) is 0 Å². The minimum Gasteiger partial charge on any atom is -0.389 e. The predicted molar refractivity (Wildman–Crippen MR) is 72.9 cm³/mol. The molecule has 0 saturated heterocycles. The molecular weight excluding hydrogens is 224 g/mol. The van der Waals surface area contributed by atoms with Gasteiger partial charge >= 0.3 is 0 Å². The molecule has 1 aromatic heterocycles. The van der Waals surface area contributed by atoms with Gasteiger partial charge in [-0.15, -0.1) is 0 Å². The van der Waals surface area contributed by atoms with Crippen molar-refractivity contribution in [3.63, 3.8) is 0 Å². The fourth-order valence-corrected chi connectivity index (χ4v) is 1.78. The zero-order chi connectivity index (χ0) is 12.6. The largest absolute Gasteiger partial charge is 0.389 e. The maximum atomic E-state index is 9.83. The second-order valence-corrected chi connectivity index (χ2v) is 4.28. The molecule has 94 valence electrons. The van der Waals surface area contributed by atoms with Crippen molar-refractivity contribution in [2.24, 2.45) is 0 Å². The van der Waals surface area contributed by atoms with Gasteiger partial charge in [0.1, 0.15) is 0 Å². The Hall–Kier alpha value is -1.87. The van der Waals surface area contributed by atoms with Gasteiger partial charge in [0.15, 0.2) is 0 Å². The van der Waals surface area contributed by atoms with Gasteiger partial charge in [0.2, 0.25) is 0 Å². The Morgan fingerprint density at radius 3 is 2.83 bits per heavy atom. The highest BCUT2D eigenvalue weighted by atomic mass is 16.3. The average Bonchev–Trinajstić information content (AvgIpc) is 2.91. The standard InChI is InChI=1S/C15H18N2O/c18-15(7-4-11-17-12-10-16-13-17)9-8-14-5-2-1-3-6-14/h1-3,5-6,8-10,12-13,15,18H,4,7,11H2/b9-8+. The van der Waals surface area contributed by atoms with Gasteiger partial charge in [-0.1, -0.05) is 42.5 Å². The molecule has 2 aromatic rings. The summed E-state index contributed by atoms with van der Waals surface area (Å²) in [5.41, 5.74) is 1.12. The molecule has 18 heavy (non-hydrogen) atoms. The SMILES string of the molecule is OC(/C=C/c1ccccc1)CCCn1ccnc1. The number of hydrogen-bond donors (Lipinski definition) is 1. The third-order valence-electron chi connectivity index (χ3n) is 2.79. The lowest BCUT2D eigenvalue weighted by atomic mass is 10.1. The summed E-state index contributed by atoms with van der Waals surface area (Å²) in [5.74, 6) is 0. The smallest absolute Gasteiger partial charge is 0.0945 e. The van der Waals surface area contributed by atoms with Crippen LogP contribution in [0.4, 0.5) is 0 Å². The Bertz CT molecular complexity index is 463. The second-order valence-electron chi connectivity index (χ2n) is 4.28. The molecule has 0 aliphatic heterocycles. The second kappa shape index (κ2) is 6.77. The van der Waals surface area contributed by atoms with Gasteiger partial charge in [0.05, 0.1) is 12.4 Å². The van der Waals surface area contributed by atoms with E-state index in [-0.39, 0.29) is 6.10 Å². The fraction of sp³-hybridized carbons (Fsp3) is 0.267. The lowest BCUT2D eigenvalue weighted by molar-refractivity contribution is 0.208. The molecule has 0 fully saturated rings. The van der Waals surface area contributed by atoms with E-state index in [0.717, 1.165) is 24.9 Å². The van der Waals surface area contributed by atoms with E-state index in [1.165, 1.54) is 0 Å². The van der Waals surface area contributed by atoms with Crippen molar-refractivity contribution in [2.45, 2.75) is 25.5 Å². The van der Waals surface area contributed by atoms with Gasteiger partial charge in [-0.3, -0.25) is 0 Å². The van der Waals surface area contributed by atoms with E-state index >= 15 is 0 Å². The first-order valence-corrected chi connectivity index (χ1v) is 6.21. The van der Waals surface area contributed by atoms with Gasteiger partial charge in [-0.2, -0.15) is 0 Å². The van der Waals surface area contributed by atoms with Crippen LogP contribution in [0.15, 0.2) is 55.1 Å². The number of benzene rings is 1. The lowest BCUT2D eigenvalue weighted by Crippen LogP contribution is -2.04. The van der Waals surface area contributed by atoms with Gasteiger partial charge < -0.3 is 9.67 Å². The molecule has 0 radical (unpaired) electrons. The van der Waals surface area contributed by atoms with Crippen LogP contribution >= 0.6 is 0 Å². The third kappa shape index (κ3) is 4.18. The summed E-state index contributed by atoms with van der Waals surface area (Å²) in [6.07, 6.45) is 10.6. The van der Waals surface area contributed by atoms with Gasteiger partial charge in [0, 0.05) is 18.9 Å². The number of aliphatic hydroxyl groups excluding tert-OH is 1. The first-order valence-electron chi connectivity index (χ1n) is 6.21. The highest BCUT2D eigenvalue weighted by Crippen LogP contribution is 2.06. The van der Waals surface area contributed by atoms with Crippen LogP contribution in [0.2, 0.25) is 0 Å². The molecule has 1 N–H and O–H groups in total. The van der Waals surface area contributed by atoms with E-state index in [1.807, 2.05) is 53.2 Å². The molecule has 0 aliphatic carbocycles. The van der Waals surface area contributed by atoms with Gasteiger partial charge in [-0.05, 0) is 18.4 Å². The first kappa shape index (κ1) is 12.6. The number of imidazole rings is 1. The fourth-order valence-electron chi connectivity index (χ4n) is 1.78. The van der Waals surface area contributed by atoms with E-state index in [4.69, 9.17) is 0 Å². The summed E-state index contributed by atoms with van der Waals surface area (Å²) in [7, 11) is 0. The van der Waals surface area contributed by atoms with Crippen molar-refractivity contribution in [1.82, 2.24) is 9.55 Å². The van der Waals surface area contributed by atoms with E-state index in [0.29, 0.717) is 0 Å². The molecule has 0 bridgehead atoms. The van der Waals surface area contributed by atoms with Crippen molar-refractivity contribution in [1.29, 1.82) is 0 Å². The van der Waals surface area contributed by atoms with Crippen LogP contribution in [-0.4, -0.2) is 20.8 Å². The average molecular weight is 242 g/mol. The maximum Gasteiger partial charge on any atom is 0.0945 e. The normalized spacial score (nSPS) is 12.9. The number of aryl methyl sites for hydroxylation is 1.